The number of aliphatic imine (C=N–C) groups is 1. The first-order valence-electron chi connectivity index (χ1n) is 6.33. The van der Waals surface area contributed by atoms with E-state index in [1.807, 2.05) is 19.9 Å². The molecule has 0 amide bonds. The highest BCUT2D eigenvalue weighted by molar-refractivity contribution is 5.78. The number of guanidine groups is 1. The van der Waals surface area contributed by atoms with Crippen molar-refractivity contribution in [1.82, 2.24) is 9.88 Å². The molecule has 5 nitrogen and oxygen atoms in total. The molecule has 5 heteroatoms. The third-order valence-electron chi connectivity index (χ3n) is 2.87. The third kappa shape index (κ3) is 3.91. The van der Waals surface area contributed by atoms with Gasteiger partial charge in [0.1, 0.15) is 0 Å². The van der Waals surface area contributed by atoms with E-state index in [0.29, 0.717) is 24.6 Å². The summed E-state index contributed by atoms with van der Waals surface area (Å²) in [6.07, 6.45) is 2.75. The summed E-state index contributed by atoms with van der Waals surface area (Å²) < 4.78 is 1.66. The molecule has 0 aliphatic rings. The predicted octanol–water partition coefficient (Wildman–Crippen LogP) is 1.07. The van der Waals surface area contributed by atoms with E-state index >= 15 is 0 Å². The molecule has 0 saturated carbocycles. The van der Waals surface area contributed by atoms with Gasteiger partial charge in [-0.3, -0.25) is 4.79 Å². The zero-order valence-corrected chi connectivity index (χ0v) is 11.3. The van der Waals surface area contributed by atoms with Crippen molar-refractivity contribution in [3.8, 4) is 0 Å². The van der Waals surface area contributed by atoms with Gasteiger partial charge >= 0.3 is 0 Å². The lowest BCUT2D eigenvalue weighted by Gasteiger charge is -2.11. The number of hydrogen-bond acceptors (Lipinski definition) is 2. The average molecular weight is 250 g/mol. The maximum atomic E-state index is 11.9. The van der Waals surface area contributed by atoms with Gasteiger partial charge in [0.25, 0.3) is 5.56 Å². The van der Waals surface area contributed by atoms with Crippen LogP contribution in [0.5, 0.6) is 0 Å². The van der Waals surface area contributed by atoms with Gasteiger partial charge in [-0.15, -0.1) is 0 Å². The number of pyridine rings is 1. The highest BCUT2D eigenvalue weighted by Gasteiger charge is 2.02. The minimum atomic E-state index is 0.0000833. The Hall–Kier alpha value is -1.78. The summed E-state index contributed by atoms with van der Waals surface area (Å²) in [4.78, 5) is 16.1. The summed E-state index contributed by atoms with van der Waals surface area (Å²) in [6, 6.07) is 3.93. The molecular weight excluding hydrogens is 228 g/mol. The van der Waals surface area contributed by atoms with Crippen LogP contribution in [0.15, 0.2) is 28.1 Å². The molecule has 0 spiro atoms. The normalized spacial score (nSPS) is 13.4. The van der Waals surface area contributed by atoms with Crippen LogP contribution in [0, 0.1) is 0 Å². The fourth-order valence-corrected chi connectivity index (χ4v) is 1.53. The topological polar surface area (TPSA) is 72.4 Å². The summed E-state index contributed by atoms with van der Waals surface area (Å²) in [5, 5.41) is 3.07. The van der Waals surface area contributed by atoms with Crippen LogP contribution < -0.4 is 16.6 Å². The van der Waals surface area contributed by atoms with E-state index in [0.717, 1.165) is 6.42 Å². The average Bonchev–Trinajstić information content (AvgIpc) is 2.37. The van der Waals surface area contributed by atoms with Gasteiger partial charge in [0, 0.05) is 24.3 Å². The summed E-state index contributed by atoms with van der Waals surface area (Å²) in [5.41, 5.74) is 6.41. The van der Waals surface area contributed by atoms with E-state index in [-0.39, 0.29) is 11.6 Å². The van der Waals surface area contributed by atoms with Crippen molar-refractivity contribution in [3.05, 3.63) is 34.2 Å². The number of nitrogens with two attached hydrogens (primary N) is 1. The molecule has 1 heterocycles. The molecule has 0 aromatic carbocycles. The largest absolute Gasteiger partial charge is 0.370 e. The van der Waals surface area contributed by atoms with Gasteiger partial charge in [0.2, 0.25) is 0 Å². The number of hydrogen-bond donors (Lipinski definition) is 2. The monoisotopic (exact) mass is 250 g/mol. The molecule has 1 aromatic heterocycles. The zero-order chi connectivity index (χ0) is 13.5. The number of nitrogens with zero attached hydrogens (tertiary/aromatic N) is 2. The Kier molecular flexibility index (Phi) is 5.42. The SMILES string of the molecule is CCC(C)NC(N)=NCc1cccn(CC)c1=O. The smallest absolute Gasteiger partial charge is 0.255 e. The number of nitrogens with one attached hydrogen (secondary N) is 1. The van der Waals surface area contributed by atoms with E-state index in [4.69, 9.17) is 5.73 Å². The molecule has 0 aliphatic heterocycles. The van der Waals surface area contributed by atoms with Gasteiger partial charge in [0.05, 0.1) is 6.54 Å². The Balaban J connectivity index is 2.74. The quantitative estimate of drug-likeness (QED) is 0.606. The van der Waals surface area contributed by atoms with Crippen molar-refractivity contribution < 1.29 is 0 Å². The molecular formula is C13H22N4O. The van der Waals surface area contributed by atoms with E-state index in [1.54, 1.807) is 16.8 Å². The van der Waals surface area contributed by atoms with E-state index in [1.165, 1.54) is 0 Å². The van der Waals surface area contributed by atoms with Gasteiger partial charge in [0.15, 0.2) is 5.96 Å². The lowest BCUT2D eigenvalue weighted by atomic mass is 10.2. The number of aryl methyl sites for hydroxylation is 1. The first kappa shape index (κ1) is 14.3. The first-order valence-corrected chi connectivity index (χ1v) is 6.33. The van der Waals surface area contributed by atoms with Gasteiger partial charge < -0.3 is 15.6 Å². The van der Waals surface area contributed by atoms with E-state index in [9.17, 15) is 4.79 Å². The minimum absolute atomic E-state index is 0.0000833. The molecule has 1 atom stereocenters. The number of aromatic nitrogens is 1. The second kappa shape index (κ2) is 6.83. The van der Waals surface area contributed by atoms with Crippen LogP contribution in [-0.4, -0.2) is 16.6 Å². The predicted molar refractivity (Wildman–Crippen MR) is 74.6 cm³/mol. The summed E-state index contributed by atoms with van der Waals surface area (Å²) >= 11 is 0. The van der Waals surface area contributed by atoms with E-state index in [2.05, 4.69) is 17.2 Å². The molecule has 0 bridgehead atoms. The van der Waals surface area contributed by atoms with Crippen molar-refractivity contribution in [2.24, 2.45) is 10.7 Å². The summed E-state index contributed by atoms with van der Waals surface area (Å²) in [7, 11) is 0. The van der Waals surface area contributed by atoms with Gasteiger partial charge in [-0.2, -0.15) is 0 Å². The maximum Gasteiger partial charge on any atom is 0.255 e. The van der Waals surface area contributed by atoms with Crippen molar-refractivity contribution in [2.75, 3.05) is 0 Å². The van der Waals surface area contributed by atoms with Crippen LogP contribution in [-0.2, 0) is 13.1 Å². The van der Waals surface area contributed by atoms with Crippen LogP contribution in [0.2, 0.25) is 0 Å². The van der Waals surface area contributed by atoms with Crippen LogP contribution in [0.1, 0.15) is 32.8 Å². The van der Waals surface area contributed by atoms with Crippen LogP contribution >= 0.6 is 0 Å². The molecule has 0 saturated heterocycles. The molecule has 3 N–H and O–H groups in total. The highest BCUT2D eigenvalue weighted by atomic mass is 16.1. The molecule has 0 aliphatic carbocycles. The fourth-order valence-electron chi connectivity index (χ4n) is 1.53. The molecule has 1 aromatic rings. The van der Waals surface area contributed by atoms with Gasteiger partial charge in [-0.25, -0.2) is 4.99 Å². The lowest BCUT2D eigenvalue weighted by Crippen LogP contribution is -2.38. The Morgan fingerprint density at radius 1 is 1.56 bits per heavy atom. The van der Waals surface area contributed by atoms with Crippen molar-refractivity contribution in [1.29, 1.82) is 0 Å². The van der Waals surface area contributed by atoms with Crippen LogP contribution in [0.4, 0.5) is 0 Å². The summed E-state index contributed by atoms with van der Waals surface area (Å²) in [6.45, 7) is 7.02. The fraction of sp³-hybridized carbons (Fsp3) is 0.538. The Bertz CT molecular complexity index is 464. The van der Waals surface area contributed by atoms with Crippen LogP contribution in [0.25, 0.3) is 0 Å². The Labute approximate surface area is 108 Å². The van der Waals surface area contributed by atoms with Crippen molar-refractivity contribution in [3.63, 3.8) is 0 Å². The molecule has 100 valence electrons. The Morgan fingerprint density at radius 3 is 2.89 bits per heavy atom. The van der Waals surface area contributed by atoms with Crippen molar-refractivity contribution in [2.45, 2.75) is 46.3 Å². The first-order chi connectivity index (χ1) is 8.58. The molecule has 1 unspecified atom stereocenters. The molecule has 0 fully saturated rings. The zero-order valence-electron chi connectivity index (χ0n) is 11.3. The standard InChI is InChI=1S/C13H22N4O/c1-4-10(3)16-13(14)15-9-11-7-6-8-17(5-2)12(11)18/h6-8,10H,4-5,9H2,1-3H3,(H3,14,15,16). The van der Waals surface area contributed by atoms with Crippen molar-refractivity contribution >= 4 is 5.96 Å². The second-order valence-corrected chi connectivity index (χ2v) is 4.28. The third-order valence-corrected chi connectivity index (χ3v) is 2.87. The molecule has 18 heavy (non-hydrogen) atoms. The van der Waals surface area contributed by atoms with Crippen LogP contribution in [0.3, 0.4) is 0 Å². The summed E-state index contributed by atoms with van der Waals surface area (Å²) in [5.74, 6) is 0.385. The second-order valence-electron chi connectivity index (χ2n) is 4.28. The van der Waals surface area contributed by atoms with Gasteiger partial charge in [-0.1, -0.05) is 13.0 Å². The number of rotatable bonds is 5. The molecule has 0 radical (unpaired) electrons. The maximum absolute atomic E-state index is 11.9. The van der Waals surface area contributed by atoms with E-state index < -0.39 is 0 Å². The van der Waals surface area contributed by atoms with Gasteiger partial charge in [-0.05, 0) is 26.3 Å². The lowest BCUT2D eigenvalue weighted by molar-refractivity contribution is 0.636. The molecule has 1 rings (SSSR count). The highest BCUT2D eigenvalue weighted by Crippen LogP contribution is 1.95. The Morgan fingerprint density at radius 2 is 2.28 bits per heavy atom. The minimum Gasteiger partial charge on any atom is -0.370 e.